The van der Waals surface area contributed by atoms with Crippen molar-refractivity contribution < 1.29 is 4.74 Å². The molecule has 0 saturated carbocycles. The van der Waals surface area contributed by atoms with Crippen molar-refractivity contribution in [2.45, 2.75) is 25.4 Å². The number of nitrogens with zero attached hydrogens (tertiary/aromatic N) is 2. The molecule has 0 amide bonds. The minimum Gasteiger partial charge on any atom is -0.369 e. The number of hydrogen-bond donors (Lipinski definition) is 1. The van der Waals surface area contributed by atoms with Crippen molar-refractivity contribution in [2.24, 2.45) is 0 Å². The summed E-state index contributed by atoms with van der Waals surface area (Å²) >= 11 is 0. The van der Waals surface area contributed by atoms with Crippen LogP contribution in [0.3, 0.4) is 0 Å². The number of aromatic nitrogens is 1. The van der Waals surface area contributed by atoms with E-state index in [0.29, 0.717) is 0 Å². The number of ether oxygens (including phenoxy) is 1. The number of fused-ring (bicyclic) bond motifs is 3. The van der Waals surface area contributed by atoms with Crippen LogP contribution in [0.25, 0.3) is 10.9 Å². The summed E-state index contributed by atoms with van der Waals surface area (Å²) in [5.41, 5.74) is 3.83. The van der Waals surface area contributed by atoms with Gasteiger partial charge in [0, 0.05) is 43.6 Å². The molecule has 2 aliphatic rings. The lowest BCUT2D eigenvalue weighted by molar-refractivity contribution is -0.0609. The number of benzene rings is 1. The van der Waals surface area contributed by atoms with Crippen molar-refractivity contribution in [2.75, 3.05) is 46.4 Å². The van der Waals surface area contributed by atoms with Gasteiger partial charge in [0.2, 0.25) is 0 Å². The van der Waals surface area contributed by atoms with E-state index in [2.05, 4.69) is 53.0 Å². The minimum absolute atomic E-state index is 0.185. The summed E-state index contributed by atoms with van der Waals surface area (Å²) in [6.07, 6.45) is 2.07. The first-order valence-electron chi connectivity index (χ1n) is 8.81. The van der Waals surface area contributed by atoms with Gasteiger partial charge in [-0.1, -0.05) is 18.2 Å². The lowest BCUT2D eigenvalue weighted by Crippen LogP contribution is -2.46. The SMILES string of the molecule is CN1CCN(CCC2(C)OCCc3c2[nH]c2ccccc32)CC1. The molecule has 0 bridgehead atoms. The highest BCUT2D eigenvalue weighted by Crippen LogP contribution is 2.39. The van der Waals surface area contributed by atoms with Crippen molar-refractivity contribution in [3.8, 4) is 0 Å². The monoisotopic (exact) mass is 313 g/mol. The predicted octanol–water partition coefficient (Wildman–Crippen LogP) is 2.59. The van der Waals surface area contributed by atoms with Crippen LogP contribution in [0.1, 0.15) is 24.6 Å². The fourth-order valence-electron chi connectivity index (χ4n) is 4.00. The third kappa shape index (κ3) is 2.80. The fraction of sp³-hybridized carbons (Fsp3) is 0.579. The average molecular weight is 313 g/mol. The molecule has 2 aliphatic heterocycles. The van der Waals surface area contributed by atoms with Crippen LogP contribution in [-0.4, -0.2) is 61.2 Å². The van der Waals surface area contributed by atoms with E-state index in [-0.39, 0.29) is 5.60 Å². The van der Waals surface area contributed by atoms with Gasteiger partial charge in [-0.25, -0.2) is 0 Å². The van der Waals surface area contributed by atoms with Gasteiger partial charge in [-0.15, -0.1) is 0 Å². The van der Waals surface area contributed by atoms with Gasteiger partial charge in [-0.3, -0.25) is 0 Å². The molecular weight excluding hydrogens is 286 g/mol. The van der Waals surface area contributed by atoms with E-state index in [9.17, 15) is 0 Å². The van der Waals surface area contributed by atoms with Crippen molar-refractivity contribution in [3.63, 3.8) is 0 Å². The van der Waals surface area contributed by atoms with Gasteiger partial charge < -0.3 is 19.5 Å². The minimum atomic E-state index is -0.185. The predicted molar refractivity (Wildman–Crippen MR) is 93.9 cm³/mol. The van der Waals surface area contributed by atoms with E-state index in [1.54, 1.807) is 0 Å². The lowest BCUT2D eigenvalue weighted by atomic mass is 9.90. The highest BCUT2D eigenvalue weighted by atomic mass is 16.5. The Labute approximate surface area is 138 Å². The molecule has 3 heterocycles. The number of nitrogens with one attached hydrogen (secondary N) is 1. The molecule has 0 aliphatic carbocycles. The summed E-state index contributed by atoms with van der Waals surface area (Å²) in [4.78, 5) is 8.63. The van der Waals surface area contributed by atoms with Gasteiger partial charge in [-0.2, -0.15) is 0 Å². The lowest BCUT2D eigenvalue weighted by Gasteiger charge is -2.38. The van der Waals surface area contributed by atoms with E-state index >= 15 is 0 Å². The molecule has 1 atom stereocenters. The summed E-state index contributed by atoms with van der Waals surface area (Å²) in [7, 11) is 2.21. The van der Waals surface area contributed by atoms with Gasteiger partial charge >= 0.3 is 0 Å². The van der Waals surface area contributed by atoms with Crippen LogP contribution in [0, 0.1) is 0 Å². The molecule has 124 valence electrons. The van der Waals surface area contributed by atoms with Crippen LogP contribution < -0.4 is 0 Å². The number of piperazine rings is 1. The third-order valence-corrected chi connectivity index (χ3v) is 5.62. The normalized spacial score (nSPS) is 26.5. The first-order chi connectivity index (χ1) is 11.2. The van der Waals surface area contributed by atoms with Gasteiger partial charge in [0.15, 0.2) is 0 Å². The summed E-state index contributed by atoms with van der Waals surface area (Å²) in [6.45, 7) is 8.90. The maximum absolute atomic E-state index is 6.27. The number of H-pyrrole nitrogens is 1. The van der Waals surface area contributed by atoms with Crippen LogP contribution in [0.4, 0.5) is 0 Å². The number of likely N-dealkylation sites (N-methyl/N-ethyl adjacent to an activating group) is 1. The molecule has 1 aromatic heterocycles. The molecule has 0 radical (unpaired) electrons. The Balaban J connectivity index is 1.55. The van der Waals surface area contributed by atoms with Crippen molar-refractivity contribution in [1.82, 2.24) is 14.8 Å². The van der Waals surface area contributed by atoms with Gasteiger partial charge in [0.25, 0.3) is 0 Å². The van der Waals surface area contributed by atoms with Crippen molar-refractivity contribution in [3.05, 3.63) is 35.5 Å². The Morgan fingerprint density at radius 1 is 1.17 bits per heavy atom. The quantitative estimate of drug-likeness (QED) is 0.945. The van der Waals surface area contributed by atoms with Gasteiger partial charge in [-0.05, 0) is 38.4 Å². The first-order valence-corrected chi connectivity index (χ1v) is 8.81. The molecule has 4 rings (SSSR count). The van der Waals surface area contributed by atoms with Crippen LogP contribution in [0.2, 0.25) is 0 Å². The van der Waals surface area contributed by atoms with Crippen LogP contribution in [0.15, 0.2) is 24.3 Å². The highest BCUT2D eigenvalue weighted by Gasteiger charge is 2.36. The summed E-state index contributed by atoms with van der Waals surface area (Å²) in [5, 5.41) is 1.37. The zero-order valence-electron chi connectivity index (χ0n) is 14.3. The molecule has 1 aromatic carbocycles. The van der Waals surface area contributed by atoms with Crippen LogP contribution in [-0.2, 0) is 16.8 Å². The number of para-hydroxylation sites is 1. The largest absolute Gasteiger partial charge is 0.369 e. The number of rotatable bonds is 3. The first kappa shape index (κ1) is 15.2. The van der Waals surface area contributed by atoms with Gasteiger partial charge in [0.05, 0.1) is 12.3 Å². The van der Waals surface area contributed by atoms with E-state index in [4.69, 9.17) is 4.74 Å². The van der Waals surface area contributed by atoms with E-state index in [0.717, 1.165) is 26.0 Å². The second-order valence-electron chi connectivity index (χ2n) is 7.25. The second-order valence-corrected chi connectivity index (χ2v) is 7.25. The smallest absolute Gasteiger partial charge is 0.106 e. The zero-order valence-corrected chi connectivity index (χ0v) is 14.3. The van der Waals surface area contributed by atoms with Crippen LogP contribution in [0.5, 0.6) is 0 Å². The topological polar surface area (TPSA) is 31.5 Å². The van der Waals surface area contributed by atoms with Crippen molar-refractivity contribution in [1.29, 1.82) is 0 Å². The number of aromatic amines is 1. The molecule has 1 N–H and O–H groups in total. The Kier molecular flexibility index (Phi) is 3.92. The summed E-state index contributed by atoms with van der Waals surface area (Å²) in [5.74, 6) is 0. The third-order valence-electron chi connectivity index (χ3n) is 5.62. The molecule has 1 saturated heterocycles. The molecule has 2 aromatic rings. The van der Waals surface area contributed by atoms with E-state index in [1.807, 2.05) is 0 Å². The summed E-state index contributed by atoms with van der Waals surface area (Å²) < 4.78 is 6.27. The molecule has 0 spiro atoms. The zero-order chi connectivity index (χ0) is 15.9. The Morgan fingerprint density at radius 2 is 1.96 bits per heavy atom. The Bertz CT molecular complexity index is 687. The highest BCUT2D eigenvalue weighted by molar-refractivity contribution is 5.85. The number of hydrogen-bond acceptors (Lipinski definition) is 3. The average Bonchev–Trinajstić information content (AvgIpc) is 2.95. The standard InChI is InChI=1S/C19H27N3O/c1-19(8-9-22-12-10-21(2)11-13-22)18-16(7-14-23-19)15-5-3-4-6-17(15)20-18/h3-6,20H,7-14H2,1-2H3. The molecule has 1 unspecified atom stereocenters. The molecule has 4 nitrogen and oxygen atoms in total. The van der Waals surface area contributed by atoms with E-state index < -0.39 is 0 Å². The molecular formula is C19H27N3O. The molecule has 4 heteroatoms. The van der Waals surface area contributed by atoms with Gasteiger partial charge in [0.1, 0.15) is 5.60 Å². The molecule has 23 heavy (non-hydrogen) atoms. The maximum atomic E-state index is 6.27. The Morgan fingerprint density at radius 3 is 2.78 bits per heavy atom. The molecule has 1 fully saturated rings. The Hall–Kier alpha value is -1.36. The van der Waals surface area contributed by atoms with Crippen LogP contribution >= 0.6 is 0 Å². The van der Waals surface area contributed by atoms with E-state index in [1.165, 1.54) is 48.3 Å². The second kappa shape index (κ2) is 5.93. The maximum Gasteiger partial charge on any atom is 0.106 e. The fourth-order valence-corrected chi connectivity index (χ4v) is 4.00. The summed E-state index contributed by atoms with van der Waals surface area (Å²) in [6, 6.07) is 8.64. The van der Waals surface area contributed by atoms with Crippen molar-refractivity contribution >= 4 is 10.9 Å².